The summed E-state index contributed by atoms with van der Waals surface area (Å²) >= 11 is 1.76. The summed E-state index contributed by atoms with van der Waals surface area (Å²) in [4.78, 5) is 5.87. The smallest absolute Gasteiger partial charge is 0.0554 e. The Morgan fingerprint density at radius 2 is 2.15 bits per heavy atom. The largest absolute Gasteiger partial charge is 0.271 e. The summed E-state index contributed by atoms with van der Waals surface area (Å²) in [5.41, 5.74) is 6.85. The third kappa shape index (κ3) is 2.35. The van der Waals surface area contributed by atoms with E-state index in [9.17, 15) is 0 Å². The number of hydrogen-bond acceptors (Lipinski definition) is 4. The van der Waals surface area contributed by atoms with E-state index in [-0.39, 0.29) is 6.04 Å². The summed E-state index contributed by atoms with van der Waals surface area (Å²) in [6.07, 6.45) is 6.18. The lowest BCUT2D eigenvalue weighted by Crippen LogP contribution is -2.32. The molecule has 20 heavy (non-hydrogen) atoms. The van der Waals surface area contributed by atoms with Gasteiger partial charge in [-0.25, -0.2) is 0 Å². The molecular weight excluding hydrogens is 266 g/mol. The Morgan fingerprint density at radius 3 is 2.95 bits per heavy atom. The normalized spacial score (nSPS) is 18.8. The number of hydrazine groups is 1. The molecule has 3 rings (SSSR count). The molecule has 0 fully saturated rings. The fourth-order valence-corrected chi connectivity index (χ4v) is 3.76. The molecule has 0 saturated carbocycles. The van der Waals surface area contributed by atoms with Gasteiger partial charge in [0.2, 0.25) is 0 Å². The highest BCUT2D eigenvalue weighted by atomic mass is 32.2. The van der Waals surface area contributed by atoms with Crippen molar-refractivity contribution >= 4 is 11.8 Å². The number of nitrogens with two attached hydrogens (primary N) is 1. The number of benzene rings is 1. The van der Waals surface area contributed by atoms with Crippen LogP contribution in [-0.2, 0) is 6.42 Å². The second-order valence-electron chi connectivity index (χ2n) is 5.08. The lowest BCUT2D eigenvalue weighted by atomic mass is 9.91. The molecule has 0 aliphatic heterocycles. The van der Waals surface area contributed by atoms with Gasteiger partial charge in [-0.05, 0) is 42.4 Å². The van der Waals surface area contributed by atoms with E-state index in [0.717, 1.165) is 12.8 Å². The SMILES string of the molecule is CSc1ccccc1C(NN)C1CCc2cccnc21. The maximum atomic E-state index is 5.88. The maximum absolute atomic E-state index is 5.88. The highest BCUT2D eigenvalue weighted by Gasteiger charge is 2.32. The molecule has 1 heterocycles. The van der Waals surface area contributed by atoms with Crippen LogP contribution < -0.4 is 11.3 Å². The zero-order valence-corrected chi connectivity index (χ0v) is 12.4. The number of hydrogen-bond donors (Lipinski definition) is 2. The Morgan fingerprint density at radius 1 is 1.30 bits per heavy atom. The number of rotatable bonds is 4. The van der Waals surface area contributed by atoms with Crippen LogP contribution in [0.1, 0.15) is 35.2 Å². The molecule has 1 aliphatic carbocycles. The standard InChI is InChI=1S/C16H19N3S/c1-20-14-7-3-2-6-12(14)16(19-17)13-9-8-11-5-4-10-18-15(11)13/h2-7,10,13,16,19H,8-9,17H2,1H3. The third-order valence-electron chi connectivity index (χ3n) is 4.06. The van der Waals surface area contributed by atoms with Crippen molar-refractivity contribution in [1.82, 2.24) is 10.4 Å². The van der Waals surface area contributed by atoms with Gasteiger partial charge >= 0.3 is 0 Å². The van der Waals surface area contributed by atoms with Crippen LogP contribution in [-0.4, -0.2) is 11.2 Å². The average molecular weight is 285 g/mol. The van der Waals surface area contributed by atoms with Gasteiger partial charge in [0.05, 0.1) is 6.04 Å². The van der Waals surface area contributed by atoms with Crippen LogP contribution in [0.4, 0.5) is 0 Å². The molecule has 3 nitrogen and oxygen atoms in total. The molecule has 1 aliphatic rings. The van der Waals surface area contributed by atoms with E-state index in [4.69, 9.17) is 5.84 Å². The number of nitrogens with one attached hydrogen (secondary N) is 1. The first-order valence-corrected chi connectivity index (χ1v) is 8.10. The van der Waals surface area contributed by atoms with Gasteiger partial charge < -0.3 is 0 Å². The predicted octanol–water partition coefficient (Wildman–Crippen LogP) is 3.04. The molecule has 2 aromatic rings. The molecule has 1 aromatic carbocycles. The Kier molecular flexibility index (Phi) is 4.05. The Balaban J connectivity index is 1.99. The van der Waals surface area contributed by atoms with Gasteiger partial charge in [0, 0.05) is 22.7 Å². The molecule has 4 heteroatoms. The zero-order chi connectivity index (χ0) is 13.9. The van der Waals surface area contributed by atoms with Crippen LogP contribution in [0.3, 0.4) is 0 Å². The monoisotopic (exact) mass is 285 g/mol. The molecule has 0 saturated heterocycles. The van der Waals surface area contributed by atoms with Crippen LogP contribution in [0.25, 0.3) is 0 Å². The van der Waals surface area contributed by atoms with Crippen LogP contribution in [0.2, 0.25) is 0 Å². The number of thioether (sulfide) groups is 1. The fourth-order valence-electron chi connectivity index (χ4n) is 3.11. The van der Waals surface area contributed by atoms with E-state index in [1.165, 1.54) is 21.7 Å². The lowest BCUT2D eigenvalue weighted by Gasteiger charge is -2.25. The van der Waals surface area contributed by atoms with Gasteiger partial charge in [0.15, 0.2) is 0 Å². The third-order valence-corrected chi connectivity index (χ3v) is 4.87. The van der Waals surface area contributed by atoms with Crippen molar-refractivity contribution in [2.75, 3.05) is 6.26 Å². The quantitative estimate of drug-likeness (QED) is 0.515. The summed E-state index contributed by atoms with van der Waals surface area (Å²) in [7, 11) is 0. The lowest BCUT2D eigenvalue weighted by molar-refractivity contribution is 0.442. The fraction of sp³-hybridized carbons (Fsp3) is 0.312. The van der Waals surface area contributed by atoms with Gasteiger partial charge in [0.25, 0.3) is 0 Å². The van der Waals surface area contributed by atoms with E-state index < -0.39 is 0 Å². The van der Waals surface area contributed by atoms with Crippen molar-refractivity contribution in [1.29, 1.82) is 0 Å². The highest BCUT2D eigenvalue weighted by molar-refractivity contribution is 7.98. The van der Waals surface area contributed by atoms with Crippen LogP contribution in [0, 0.1) is 0 Å². The van der Waals surface area contributed by atoms with Crippen LogP contribution in [0.15, 0.2) is 47.5 Å². The number of nitrogens with zero attached hydrogens (tertiary/aromatic N) is 1. The number of pyridine rings is 1. The van der Waals surface area contributed by atoms with E-state index >= 15 is 0 Å². The van der Waals surface area contributed by atoms with Crippen molar-refractivity contribution < 1.29 is 0 Å². The first-order chi connectivity index (χ1) is 9.85. The second-order valence-corrected chi connectivity index (χ2v) is 5.93. The van der Waals surface area contributed by atoms with Gasteiger partial charge in [-0.15, -0.1) is 11.8 Å². The second kappa shape index (κ2) is 5.95. The minimum Gasteiger partial charge on any atom is -0.271 e. The van der Waals surface area contributed by atoms with Crippen LogP contribution in [0.5, 0.6) is 0 Å². The summed E-state index contributed by atoms with van der Waals surface area (Å²) in [5, 5.41) is 0. The molecule has 3 N–H and O–H groups in total. The van der Waals surface area contributed by atoms with Crippen molar-refractivity contribution in [3.05, 3.63) is 59.4 Å². The molecule has 2 unspecified atom stereocenters. The first-order valence-electron chi connectivity index (χ1n) is 6.88. The van der Waals surface area contributed by atoms with E-state index in [1.807, 2.05) is 12.3 Å². The van der Waals surface area contributed by atoms with Gasteiger partial charge in [-0.2, -0.15) is 0 Å². The van der Waals surface area contributed by atoms with Crippen LogP contribution >= 0.6 is 11.8 Å². The number of aromatic nitrogens is 1. The topological polar surface area (TPSA) is 50.9 Å². The molecular formula is C16H19N3S. The van der Waals surface area contributed by atoms with Crippen molar-refractivity contribution in [3.63, 3.8) is 0 Å². The van der Waals surface area contributed by atoms with E-state index in [1.54, 1.807) is 11.8 Å². The summed E-state index contributed by atoms with van der Waals surface area (Å²) in [6.45, 7) is 0. The highest BCUT2D eigenvalue weighted by Crippen LogP contribution is 2.42. The molecule has 0 radical (unpaired) electrons. The van der Waals surface area contributed by atoms with E-state index in [0.29, 0.717) is 5.92 Å². The maximum Gasteiger partial charge on any atom is 0.0554 e. The van der Waals surface area contributed by atoms with Gasteiger partial charge in [-0.3, -0.25) is 16.3 Å². The Hall–Kier alpha value is -1.36. The zero-order valence-electron chi connectivity index (χ0n) is 11.5. The minimum absolute atomic E-state index is 0.120. The average Bonchev–Trinajstić information content (AvgIpc) is 2.93. The number of aryl methyl sites for hydroxylation is 1. The van der Waals surface area contributed by atoms with Crippen molar-refractivity contribution in [2.24, 2.45) is 5.84 Å². The molecule has 104 valence electrons. The molecule has 2 atom stereocenters. The summed E-state index contributed by atoms with van der Waals surface area (Å²) in [5.74, 6) is 6.23. The molecule has 0 spiro atoms. The van der Waals surface area contributed by atoms with Gasteiger partial charge in [-0.1, -0.05) is 24.3 Å². The summed E-state index contributed by atoms with van der Waals surface area (Å²) in [6, 6.07) is 12.8. The number of fused-ring (bicyclic) bond motifs is 1. The summed E-state index contributed by atoms with van der Waals surface area (Å²) < 4.78 is 0. The Bertz CT molecular complexity index is 600. The molecule has 0 amide bonds. The minimum atomic E-state index is 0.120. The van der Waals surface area contributed by atoms with E-state index in [2.05, 4.69) is 47.0 Å². The molecule has 1 aromatic heterocycles. The first kappa shape index (κ1) is 13.6. The predicted molar refractivity (Wildman–Crippen MR) is 83.6 cm³/mol. The van der Waals surface area contributed by atoms with Crippen molar-refractivity contribution in [2.45, 2.75) is 29.7 Å². The van der Waals surface area contributed by atoms with Gasteiger partial charge in [0.1, 0.15) is 0 Å². The van der Waals surface area contributed by atoms with Crippen molar-refractivity contribution in [3.8, 4) is 0 Å². The molecule has 0 bridgehead atoms. The Labute approximate surface area is 124 Å².